The van der Waals surface area contributed by atoms with Crippen LogP contribution in [0.2, 0.25) is 0 Å². The van der Waals surface area contributed by atoms with Crippen LogP contribution in [0.4, 0.5) is 0 Å². The Morgan fingerprint density at radius 2 is 1.29 bits per heavy atom. The highest BCUT2D eigenvalue weighted by atomic mass is 16.5. The summed E-state index contributed by atoms with van der Waals surface area (Å²) in [6.45, 7) is 2.39. The molecule has 4 atom stereocenters. The van der Waals surface area contributed by atoms with E-state index in [2.05, 4.69) is 6.92 Å². The smallest absolute Gasteiger partial charge is 0.117 e. The Morgan fingerprint density at radius 3 is 1.74 bits per heavy atom. The van der Waals surface area contributed by atoms with Crippen molar-refractivity contribution in [1.29, 1.82) is 0 Å². The van der Waals surface area contributed by atoms with Crippen LogP contribution in [-0.4, -0.2) is 52.9 Å². The molecule has 1 heterocycles. The fourth-order valence-corrected chi connectivity index (χ4v) is 4.16. The largest absolute Gasteiger partial charge is 0.499 e. The molecule has 1 fully saturated rings. The minimum absolute atomic E-state index is 0.0536. The average molecular weight is 443 g/mol. The maximum absolute atomic E-state index is 9.93. The lowest BCUT2D eigenvalue weighted by Gasteiger charge is -2.20. The summed E-state index contributed by atoms with van der Waals surface area (Å²) in [7, 11) is 0. The molecule has 1 saturated heterocycles. The summed E-state index contributed by atoms with van der Waals surface area (Å²) in [6.07, 6.45) is 22.9. The van der Waals surface area contributed by atoms with Crippen LogP contribution in [0.5, 0.6) is 0 Å². The van der Waals surface area contributed by atoms with Crippen molar-refractivity contribution in [3.05, 3.63) is 12.3 Å². The van der Waals surface area contributed by atoms with E-state index in [1.165, 1.54) is 96.3 Å². The van der Waals surface area contributed by atoms with Gasteiger partial charge in [-0.05, 0) is 18.9 Å². The average Bonchev–Trinajstić information content (AvgIpc) is 3.10. The van der Waals surface area contributed by atoms with Gasteiger partial charge in [-0.2, -0.15) is 0 Å². The summed E-state index contributed by atoms with van der Waals surface area (Å²) >= 11 is 0. The first kappa shape index (κ1) is 28.4. The number of aliphatic hydroxyl groups is 3. The van der Waals surface area contributed by atoms with E-state index < -0.39 is 24.4 Å². The number of aliphatic hydroxyl groups excluding tert-OH is 3. The van der Waals surface area contributed by atoms with Gasteiger partial charge in [0.05, 0.1) is 12.9 Å². The Balaban J connectivity index is 1.77. The zero-order chi connectivity index (χ0) is 22.6. The standard InChI is InChI=1S/C26H50O5/c1-2-3-4-5-6-7-8-9-10-11-12-13-14-15-16-17-18-19-20-30-21-24(28)26-25(29)23(27)22-31-26/h19-20,23-29H,2-18,21-22H2,1H3/b20-19+/t23-,24+,25+,26+/m0/s1. The summed E-state index contributed by atoms with van der Waals surface area (Å²) in [5.41, 5.74) is 0. The van der Waals surface area contributed by atoms with E-state index in [-0.39, 0.29) is 13.2 Å². The number of hydrogen-bond donors (Lipinski definition) is 3. The van der Waals surface area contributed by atoms with Gasteiger partial charge < -0.3 is 24.8 Å². The second-order valence-electron chi connectivity index (χ2n) is 9.22. The first-order chi connectivity index (χ1) is 15.2. The third kappa shape index (κ3) is 15.0. The van der Waals surface area contributed by atoms with Gasteiger partial charge in [0.25, 0.3) is 0 Å². The topological polar surface area (TPSA) is 79.2 Å². The predicted octanol–water partition coefficient (Wildman–Crippen LogP) is 5.65. The van der Waals surface area contributed by atoms with Gasteiger partial charge in [-0.3, -0.25) is 0 Å². The van der Waals surface area contributed by atoms with E-state index >= 15 is 0 Å². The third-order valence-corrected chi connectivity index (χ3v) is 6.25. The molecule has 0 bridgehead atoms. The second kappa shape index (κ2) is 20.0. The van der Waals surface area contributed by atoms with E-state index in [4.69, 9.17) is 9.47 Å². The number of allylic oxidation sites excluding steroid dienone is 1. The van der Waals surface area contributed by atoms with Crippen LogP contribution >= 0.6 is 0 Å². The molecule has 1 aliphatic rings. The number of hydrogen-bond acceptors (Lipinski definition) is 5. The van der Waals surface area contributed by atoms with Crippen molar-refractivity contribution in [3.8, 4) is 0 Å². The van der Waals surface area contributed by atoms with Crippen molar-refractivity contribution in [3.63, 3.8) is 0 Å². The van der Waals surface area contributed by atoms with E-state index in [1.807, 2.05) is 6.08 Å². The normalized spacial score (nSPS) is 22.4. The molecule has 5 nitrogen and oxygen atoms in total. The highest BCUT2D eigenvalue weighted by Gasteiger charge is 2.39. The van der Waals surface area contributed by atoms with E-state index in [9.17, 15) is 15.3 Å². The molecule has 5 heteroatoms. The minimum Gasteiger partial charge on any atom is -0.499 e. The second-order valence-corrected chi connectivity index (χ2v) is 9.22. The quantitative estimate of drug-likeness (QED) is 0.158. The monoisotopic (exact) mass is 442 g/mol. The van der Waals surface area contributed by atoms with Crippen molar-refractivity contribution in [2.75, 3.05) is 13.2 Å². The van der Waals surface area contributed by atoms with Gasteiger partial charge >= 0.3 is 0 Å². The predicted molar refractivity (Wildman–Crippen MR) is 127 cm³/mol. The minimum atomic E-state index is -1.05. The molecule has 3 N–H and O–H groups in total. The molecule has 184 valence electrons. The van der Waals surface area contributed by atoms with Crippen LogP contribution in [-0.2, 0) is 9.47 Å². The van der Waals surface area contributed by atoms with Crippen molar-refractivity contribution >= 4 is 0 Å². The molecule has 1 aliphatic heterocycles. The summed E-state index contributed by atoms with van der Waals surface area (Å²) in [6, 6.07) is 0. The summed E-state index contributed by atoms with van der Waals surface area (Å²) in [5.74, 6) is 0. The highest BCUT2D eigenvalue weighted by Crippen LogP contribution is 2.18. The maximum Gasteiger partial charge on any atom is 0.117 e. The van der Waals surface area contributed by atoms with Crippen LogP contribution in [0.3, 0.4) is 0 Å². The number of ether oxygens (including phenoxy) is 2. The maximum atomic E-state index is 9.93. The molecule has 0 amide bonds. The first-order valence-corrected chi connectivity index (χ1v) is 13.1. The van der Waals surface area contributed by atoms with Crippen LogP contribution in [0.15, 0.2) is 12.3 Å². The van der Waals surface area contributed by atoms with Crippen molar-refractivity contribution in [1.82, 2.24) is 0 Å². The Hall–Kier alpha value is -0.620. The molecule has 31 heavy (non-hydrogen) atoms. The molecule has 0 aromatic rings. The van der Waals surface area contributed by atoms with E-state index in [0.717, 1.165) is 12.8 Å². The number of rotatable bonds is 21. The summed E-state index contributed by atoms with van der Waals surface area (Å²) in [5, 5.41) is 29.0. The van der Waals surface area contributed by atoms with Gasteiger partial charge in [-0.25, -0.2) is 0 Å². The molecule has 0 aliphatic carbocycles. The fraction of sp³-hybridized carbons (Fsp3) is 0.923. The lowest BCUT2D eigenvalue weighted by Crippen LogP contribution is -2.40. The van der Waals surface area contributed by atoms with Crippen molar-refractivity contribution in [2.24, 2.45) is 0 Å². The van der Waals surface area contributed by atoms with Gasteiger partial charge in [0.2, 0.25) is 0 Å². The third-order valence-electron chi connectivity index (χ3n) is 6.25. The first-order valence-electron chi connectivity index (χ1n) is 13.1. The fourth-order valence-electron chi connectivity index (χ4n) is 4.16. The van der Waals surface area contributed by atoms with Crippen molar-refractivity contribution in [2.45, 2.75) is 140 Å². The molecular formula is C26H50O5. The molecule has 0 aromatic heterocycles. The molecule has 0 aromatic carbocycles. The van der Waals surface area contributed by atoms with E-state index in [0.29, 0.717) is 0 Å². The van der Waals surface area contributed by atoms with Gasteiger partial charge in [-0.15, -0.1) is 0 Å². The lowest BCUT2D eigenvalue weighted by atomic mass is 10.0. The summed E-state index contributed by atoms with van der Waals surface area (Å²) in [4.78, 5) is 0. The highest BCUT2D eigenvalue weighted by molar-refractivity contribution is 4.88. The Bertz CT molecular complexity index is 415. The van der Waals surface area contributed by atoms with E-state index in [1.54, 1.807) is 6.26 Å². The molecular weight excluding hydrogens is 392 g/mol. The van der Waals surface area contributed by atoms with Gasteiger partial charge in [-0.1, -0.05) is 103 Å². The van der Waals surface area contributed by atoms with Crippen LogP contribution in [0, 0.1) is 0 Å². The SMILES string of the molecule is CCCCCCCCCCCCCCCCCC/C=C/OC[C@@H](O)[C@H]1OC[C@H](O)[C@H]1O. The Labute approximate surface area is 191 Å². The summed E-state index contributed by atoms with van der Waals surface area (Å²) < 4.78 is 10.5. The van der Waals surface area contributed by atoms with Crippen LogP contribution < -0.4 is 0 Å². The molecule has 0 unspecified atom stereocenters. The zero-order valence-electron chi connectivity index (χ0n) is 20.1. The van der Waals surface area contributed by atoms with Gasteiger partial charge in [0, 0.05) is 0 Å². The molecule has 1 rings (SSSR count). The molecule has 0 spiro atoms. The zero-order valence-corrected chi connectivity index (χ0v) is 20.1. The Kier molecular flexibility index (Phi) is 18.3. The van der Waals surface area contributed by atoms with Gasteiger partial charge in [0.1, 0.15) is 31.0 Å². The van der Waals surface area contributed by atoms with Gasteiger partial charge in [0.15, 0.2) is 0 Å². The molecule has 0 radical (unpaired) electrons. The van der Waals surface area contributed by atoms with Crippen LogP contribution in [0.25, 0.3) is 0 Å². The lowest BCUT2D eigenvalue weighted by molar-refractivity contribution is -0.0703. The van der Waals surface area contributed by atoms with Crippen molar-refractivity contribution < 1.29 is 24.8 Å². The van der Waals surface area contributed by atoms with Crippen LogP contribution in [0.1, 0.15) is 116 Å². The Morgan fingerprint density at radius 1 is 0.806 bits per heavy atom. The molecule has 0 saturated carbocycles. The number of unbranched alkanes of at least 4 members (excludes halogenated alkanes) is 16.